The Labute approximate surface area is 227 Å². The Balaban J connectivity index is 1.47. The van der Waals surface area contributed by atoms with Gasteiger partial charge in [-0.2, -0.15) is 19.0 Å². The van der Waals surface area contributed by atoms with Crippen LogP contribution in [0.5, 0.6) is 0 Å². The van der Waals surface area contributed by atoms with Gasteiger partial charge in [0.25, 0.3) is 5.91 Å². The Morgan fingerprint density at radius 2 is 2.13 bits per heavy atom. The zero-order valence-corrected chi connectivity index (χ0v) is 22.0. The normalized spacial score (nSPS) is 21.9. The minimum Gasteiger partial charge on any atom is -0.336 e. The predicted molar refractivity (Wildman–Crippen MR) is 139 cm³/mol. The molecule has 1 fully saturated rings. The van der Waals surface area contributed by atoms with E-state index in [0.717, 1.165) is 13.1 Å². The third kappa shape index (κ3) is 5.84. The van der Waals surface area contributed by atoms with Gasteiger partial charge in [-0.15, -0.1) is 0 Å². The van der Waals surface area contributed by atoms with E-state index in [0.29, 0.717) is 17.2 Å². The first-order valence-corrected chi connectivity index (χ1v) is 12.7. The van der Waals surface area contributed by atoms with Gasteiger partial charge in [0.1, 0.15) is 12.1 Å². The zero-order chi connectivity index (χ0) is 27.7. The monoisotopic (exact) mass is 560 g/mol. The molecule has 2 amide bonds. The Bertz CT molecular complexity index is 1440. The van der Waals surface area contributed by atoms with Gasteiger partial charge in [0.15, 0.2) is 5.65 Å². The average Bonchev–Trinajstić information content (AvgIpc) is 3.48. The Morgan fingerprint density at radius 1 is 1.31 bits per heavy atom. The molecule has 0 radical (unpaired) electrons. The van der Waals surface area contributed by atoms with Crippen molar-refractivity contribution < 1.29 is 23.1 Å². The quantitative estimate of drug-likeness (QED) is 0.473. The molecule has 39 heavy (non-hydrogen) atoms. The van der Waals surface area contributed by atoms with Gasteiger partial charge in [-0.05, 0) is 26.1 Å². The Hall–Kier alpha value is -3.68. The van der Waals surface area contributed by atoms with Crippen LogP contribution in [0.25, 0.3) is 5.65 Å². The molecule has 1 N–H and O–H groups in total. The summed E-state index contributed by atoms with van der Waals surface area (Å²) in [6, 6.07) is 1.69. The number of likely N-dealkylation sites (N-methyl/N-ethyl adjacent to an activating group) is 1. The van der Waals surface area contributed by atoms with Crippen LogP contribution < -0.4 is 5.32 Å². The van der Waals surface area contributed by atoms with Crippen LogP contribution in [0.3, 0.4) is 0 Å². The van der Waals surface area contributed by atoms with Crippen molar-refractivity contribution >= 4 is 34.7 Å². The smallest absolute Gasteiger partial charge is 0.336 e. The molecule has 4 heterocycles. The number of hydrogen-bond donors (Lipinski definition) is 1. The van der Waals surface area contributed by atoms with E-state index < -0.39 is 24.5 Å². The number of halogens is 3. The number of nitrogens with one attached hydrogen (secondary N) is 1. The van der Waals surface area contributed by atoms with Crippen molar-refractivity contribution in [3.05, 3.63) is 65.4 Å². The van der Waals surface area contributed by atoms with Crippen molar-refractivity contribution in [3.63, 3.8) is 0 Å². The summed E-state index contributed by atoms with van der Waals surface area (Å²) in [5.74, 6) is -1.53. The van der Waals surface area contributed by atoms with Crippen LogP contribution in [0.1, 0.15) is 28.9 Å². The number of fused-ring (bicyclic) bond motifs is 1. The summed E-state index contributed by atoms with van der Waals surface area (Å²) < 4.78 is 34.1. The van der Waals surface area contributed by atoms with E-state index in [2.05, 4.69) is 25.4 Å². The zero-order valence-electron chi connectivity index (χ0n) is 21.2. The summed E-state index contributed by atoms with van der Waals surface area (Å²) in [7, 11) is 2.00. The summed E-state index contributed by atoms with van der Waals surface area (Å²) in [5.41, 5.74) is 0.985. The van der Waals surface area contributed by atoms with Gasteiger partial charge in [-0.25, -0.2) is 9.50 Å². The molecule has 2 aliphatic rings. The van der Waals surface area contributed by atoms with Gasteiger partial charge >= 0.3 is 6.61 Å². The number of hydrogen-bond acceptors (Lipinski definition) is 7. The van der Waals surface area contributed by atoms with E-state index in [1.807, 2.05) is 14.0 Å². The van der Waals surface area contributed by atoms with Gasteiger partial charge in [0, 0.05) is 49.3 Å². The molecule has 1 aliphatic heterocycles. The van der Waals surface area contributed by atoms with Crippen molar-refractivity contribution in [2.24, 2.45) is 0 Å². The maximum Gasteiger partial charge on any atom is 0.345 e. The number of carbonyl (C=O) groups is 2. The fraction of sp³-hybridized carbons (Fsp3) is 0.400. The molecule has 14 heteroatoms. The molecule has 206 valence electrons. The van der Waals surface area contributed by atoms with Crippen molar-refractivity contribution in [2.45, 2.75) is 38.1 Å². The van der Waals surface area contributed by atoms with Crippen LogP contribution in [0.15, 0.2) is 54.1 Å². The molecule has 5 rings (SSSR count). The molecule has 0 aromatic carbocycles. The third-order valence-corrected chi connectivity index (χ3v) is 6.98. The van der Waals surface area contributed by atoms with Crippen LogP contribution in [0.2, 0.25) is 0 Å². The molecule has 3 atom stereocenters. The number of rotatable bonds is 7. The number of ether oxygens (including phenoxy) is 1. The molecule has 1 saturated heterocycles. The number of alkyl halides is 2. The van der Waals surface area contributed by atoms with Crippen LogP contribution >= 0.6 is 11.6 Å². The van der Waals surface area contributed by atoms with E-state index in [1.54, 1.807) is 17.2 Å². The molecule has 0 spiro atoms. The van der Waals surface area contributed by atoms with Crippen molar-refractivity contribution in [1.29, 1.82) is 0 Å². The number of aromatic nitrogens is 5. The third-order valence-electron chi connectivity index (χ3n) is 6.72. The summed E-state index contributed by atoms with van der Waals surface area (Å²) in [4.78, 5) is 34.6. The van der Waals surface area contributed by atoms with E-state index in [1.165, 1.54) is 46.0 Å². The molecule has 1 aliphatic carbocycles. The minimum atomic E-state index is -3.04. The highest BCUT2D eigenvalue weighted by atomic mass is 35.5. The molecule has 0 saturated carbocycles. The number of amides is 2. The lowest BCUT2D eigenvalue weighted by Crippen LogP contribution is -2.53. The second kappa shape index (κ2) is 11.2. The predicted octanol–water partition coefficient (Wildman–Crippen LogP) is 2.72. The van der Waals surface area contributed by atoms with E-state index in [9.17, 15) is 18.4 Å². The molecule has 3 aromatic rings. The first-order valence-electron chi connectivity index (χ1n) is 12.3. The number of piperazine rings is 1. The Kier molecular flexibility index (Phi) is 7.73. The van der Waals surface area contributed by atoms with Crippen molar-refractivity contribution in [1.82, 2.24) is 34.2 Å². The SMILES string of the molecule is CC1CN(C)CCN1C(=O)Cn1cc(NC(=O)c2cnn3cccnc23)c(C2C=C(Cl)C=CC2OC(F)F)n1. The fourth-order valence-electron chi connectivity index (χ4n) is 4.89. The summed E-state index contributed by atoms with van der Waals surface area (Å²) in [6.07, 6.45) is 9.38. The average molecular weight is 561 g/mol. The first-order chi connectivity index (χ1) is 18.7. The van der Waals surface area contributed by atoms with E-state index in [-0.39, 0.29) is 35.4 Å². The van der Waals surface area contributed by atoms with E-state index in [4.69, 9.17) is 16.3 Å². The van der Waals surface area contributed by atoms with Crippen molar-refractivity contribution in [2.75, 3.05) is 32.0 Å². The van der Waals surface area contributed by atoms with Crippen LogP contribution in [0, 0.1) is 0 Å². The second-order valence-electron chi connectivity index (χ2n) is 9.52. The standard InChI is InChI=1S/C25H27ClF2N8O3/c1-15-12-33(2)8-9-35(15)21(37)14-34-13-19(31-24(38)18-11-30-36-7-3-6-29-23(18)36)22(32-34)17-10-16(26)4-5-20(17)39-25(27)28/h3-7,10-11,13,15,17,20,25H,8-9,12,14H2,1-2H3,(H,31,38). The largest absolute Gasteiger partial charge is 0.345 e. The van der Waals surface area contributed by atoms with Crippen LogP contribution in [-0.4, -0.2) is 91.4 Å². The lowest BCUT2D eigenvalue weighted by Gasteiger charge is -2.38. The van der Waals surface area contributed by atoms with Gasteiger partial charge < -0.3 is 19.9 Å². The van der Waals surface area contributed by atoms with Gasteiger partial charge in [-0.3, -0.25) is 14.3 Å². The minimum absolute atomic E-state index is 0.0163. The summed E-state index contributed by atoms with van der Waals surface area (Å²) >= 11 is 6.21. The number of anilines is 1. The number of nitrogens with zero attached hydrogens (tertiary/aromatic N) is 7. The lowest BCUT2D eigenvalue weighted by molar-refractivity contribution is -0.153. The lowest BCUT2D eigenvalue weighted by atomic mass is 9.93. The number of allylic oxidation sites excluding steroid dienone is 2. The summed E-state index contributed by atoms with van der Waals surface area (Å²) in [6.45, 7) is 0.903. The van der Waals surface area contributed by atoms with Gasteiger partial charge in [0.05, 0.1) is 29.6 Å². The molecule has 3 aromatic heterocycles. The molecule has 3 unspecified atom stereocenters. The second-order valence-corrected chi connectivity index (χ2v) is 9.96. The molecular formula is C25H27ClF2N8O3. The molecule has 0 bridgehead atoms. The fourth-order valence-corrected chi connectivity index (χ4v) is 5.10. The first kappa shape index (κ1) is 26.9. The maximum absolute atomic E-state index is 13.3. The maximum atomic E-state index is 13.3. The van der Waals surface area contributed by atoms with Crippen LogP contribution in [0.4, 0.5) is 14.5 Å². The van der Waals surface area contributed by atoms with E-state index >= 15 is 0 Å². The number of carbonyl (C=O) groups excluding carboxylic acids is 2. The highest BCUT2D eigenvalue weighted by Gasteiger charge is 2.32. The topological polar surface area (TPSA) is 110 Å². The summed E-state index contributed by atoms with van der Waals surface area (Å²) in [5, 5.41) is 11.8. The van der Waals surface area contributed by atoms with Gasteiger partial charge in [0.2, 0.25) is 5.91 Å². The Morgan fingerprint density at radius 3 is 2.90 bits per heavy atom. The highest BCUT2D eigenvalue weighted by Crippen LogP contribution is 2.35. The molecular weight excluding hydrogens is 534 g/mol. The highest BCUT2D eigenvalue weighted by molar-refractivity contribution is 6.31. The molecule has 11 nitrogen and oxygen atoms in total. The van der Waals surface area contributed by atoms with Gasteiger partial charge in [-0.1, -0.05) is 23.8 Å². The van der Waals surface area contributed by atoms with Crippen LogP contribution in [-0.2, 0) is 16.1 Å². The van der Waals surface area contributed by atoms with Crippen molar-refractivity contribution in [3.8, 4) is 0 Å².